The normalized spacial score (nSPS) is 16.1. The van der Waals surface area contributed by atoms with Gasteiger partial charge in [0.2, 0.25) is 0 Å². The van der Waals surface area contributed by atoms with Crippen LogP contribution in [0.3, 0.4) is 0 Å². The van der Waals surface area contributed by atoms with Crippen molar-refractivity contribution in [3.63, 3.8) is 0 Å². The molecule has 1 aliphatic heterocycles. The number of benzene rings is 1. The SMILES string of the molecule is O=C(OCC(=O)N1N=C(c2cccs2)CC1c1ccco1)c1ccc(Br)cc1. The summed E-state index contributed by atoms with van der Waals surface area (Å²) in [4.78, 5) is 25.9. The second-order valence-corrected chi connectivity index (χ2v) is 7.94. The molecular formula is C20H15BrN2O4S. The van der Waals surface area contributed by atoms with Gasteiger partial charge in [0.05, 0.1) is 22.4 Å². The van der Waals surface area contributed by atoms with E-state index in [1.165, 1.54) is 5.01 Å². The number of carbonyl (C=O) groups is 2. The summed E-state index contributed by atoms with van der Waals surface area (Å²) in [7, 11) is 0. The second-order valence-electron chi connectivity index (χ2n) is 6.08. The molecule has 6 nitrogen and oxygen atoms in total. The molecule has 0 fully saturated rings. The van der Waals surface area contributed by atoms with E-state index in [-0.39, 0.29) is 6.04 Å². The van der Waals surface area contributed by atoms with Gasteiger partial charge in [-0.15, -0.1) is 11.3 Å². The molecule has 1 unspecified atom stereocenters. The van der Waals surface area contributed by atoms with Crippen LogP contribution in [0.1, 0.15) is 33.5 Å². The van der Waals surface area contributed by atoms with Gasteiger partial charge in [-0.3, -0.25) is 4.79 Å². The predicted octanol–water partition coefficient (Wildman–Crippen LogP) is 4.64. The van der Waals surface area contributed by atoms with Crippen LogP contribution in [0.2, 0.25) is 0 Å². The monoisotopic (exact) mass is 458 g/mol. The molecule has 1 aromatic carbocycles. The Bertz CT molecular complexity index is 998. The number of halogens is 1. The molecule has 0 saturated heterocycles. The Morgan fingerprint density at radius 2 is 2.04 bits per heavy atom. The highest BCUT2D eigenvalue weighted by atomic mass is 79.9. The largest absolute Gasteiger partial charge is 0.467 e. The van der Waals surface area contributed by atoms with Gasteiger partial charge in [0.25, 0.3) is 5.91 Å². The predicted molar refractivity (Wildman–Crippen MR) is 108 cm³/mol. The number of ether oxygens (including phenoxy) is 1. The van der Waals surface area contributed by atoms with Crippen LogP contribution >= 0.6 is 27.3 Å². The summed E-state index contributed by atoms with van der Waals surface area (Å²) < 4.78 is 11.5. The van der Waals surface area contributed by atoms with Gasteiger partial charge < -0.3 is 9.15 Å². The number of thiophene rings is 1. The number of hydrogen-bond donors (Lipinski definition) is 0. The Morgan fingerprint density at radius 1 is 1.21 bits per heavy atom. The summed E-state index contributed by atoms with van der Waals surface area (Å²) in [6, 6.07) is 13.9. The molecule has 0 bridgehead atoms. The molecule has 0 aliphatic carbocycles. The maximum absolute atomic E-state index is 12.8. The van der Waals surface area contributed by atoms with Gasteiger partial charge in [0.1, 0.15) is 11.8 Å². The van der Waals surface area contributed by atoms with Gasteiger partial charge in [-0.2, -0.15) is 5.10 Å². The number of furan rings is 1. The molecule has 3 heterocycles. The standard InChI is InChI=1S/C20H15BrN2O4S/c21-14-7-5-13(6-8-14)20(25)27-12-19(24)23-16(17-3-1-9-26-17)11-15(22-23)18-4-2-10-28-18/h1-10,16H,11-12H2. The lowest BCUT2D eigenvalue weighted by atomic mass is 10.1. The van der Waals surface area contributed by atoms with Gasteiger partial charge >= 0.3 is 5.97 Å². The van der Waals surface area contributed by atoms with Gasteiger partial charge in [0, 0.05) is 10.9 Å². The van der Waals surface area contributed by atoms with E-state index in [0.29, 0.717) is 17.7 Å². The molecule has 0 spiro atoms. The van der Waals surface area contributed by atoms with E-state index >= 15 is 0 Å². The van der Waals surface area contributed by atoms with Crippen LogP contribution in [0.5, 0.6) is 0 Å². The zero-order chi connectivity index (χ0) is 19.5. The Kier molecular flexibility index (Phi) is 5.40. The van der Waals surface area contributed by atoms with Gasteiger partial charge in [-0.1, -0.05) is 22.0 Å². The molecule has 1 amide bonds. The van der Waals surface area contributed by atoms with Crippen molar-refractivity contribution in [2.45, 2.75) is 12.5 Å². The molecule has 28 heavy (non-hydrogen) atoms. The number of amides is 1. The Balaban J connectivity index is 1.48. The van der Waals surface area contributed by atoms with E-state index in [1.54, 1.807) is 47.9 Å². The fourth-order valence-electron chi connectivity index (χ4n) is 2.90. The molecule has 8 heteroatoms. The van der Waals surface area contributed by atoms with E-state index in [4.69, 9.17) is 9.15 Å². The van der Waals surface area contributed by atoms with Crippen LogP contribution in [0.15, 0.2) is 74.2 Å². The molecule has 142 valence electrons. The minimum absolute atomic E-state index is 0.356. The maximum atomic E-state index is 12.8. The first-order valence-corrected chi connectivity index (χ1v) is 10.2. The lowest BCUT2D eigenvalue weighted by Crippen LogP contribution is -2.31. The van der Waals surface area contributed by atoms with E-state index in [0.717, 1.165) is 15.1 Å². The number of hydrogen-bond acceptors (Lipinski definition) is 6. The van der Waals surface area contributed by atoms with Crippen molar-refractivity contribution >= 4 is 44.9 Å². The van der Waals surface area contributed by atoms with Crippen molar-refractivity contribution < 1.29 is 18.7 Å². The van der Waals surface area contributed by atoms with Gasteiger partial charge in [-0.25, -0.2) is 9.80 Å². The van der Waals surface area contributed by atoms with Crippen LogP contribution < -0.4 is 0 Å². The summed E-state index contributed by atoms with van der Waals surface area (Å²) in [5.74, 6) is -0.321. The van der Waals surface area contributed by atoms with E-state index in [2.05, 4.69) is 21.0 Å². The number of rotatable bonds is 5. The fourth-order valence-corrected chi connectivity index (χ4v) is 3.88. The Labute approximate surface area is 173 Å². The minimum atomic E-state index is -0.558. The summed E-state index contributed by atoms with van der Waals surface area (Å²) in [6.07, 6.45) is 2.11. The summed E-state index contributed by atoms with van der Waals surface area (Å²) in [5, 5.41) is 7.80. The third-order valence-electron chi connectivity index (χ3n) is 4.25. The van der Waals surface area contributed by atoms with E-state index < -0.39 is 18.5 Å². The van der Waals surface area contributed by atoms with Crippen LogP contribution in [-0.2, 0) is 9.53 Å². The summed E-state index contributed by atoms with van der Waals surface area (Å²) in [5.41, 5.74) is 1.19. The van der Waals surface area contributed by atoms with Crippen molar-refractivity contribution in [2.75, 3.05) is 6.61 Å². The Hall–Kier alpha value is -2.71. The topological polar surface area (TPSA) is 72.1 Å². The average Bonchev–Trinajstić information content (AvgIpc) is 3.46. The van der Waals surface area contributed by atoms with E-state index in [9.17, 15) is 9.59 Å². The van der Waals surface area contributed by atoms with Crippen LogP contribution in [0.4, 0.5) is 0 Å². The van der Waals surface area contributed by atoms with Crippen molar-refractivity contribution in [3.8, 4) is 0 Å². The zero-order valence-corrected chi connectivity index (χ0v) is 17.0. The molecule has 0 radical (unpaired) electrons. The molecule has 2 aromatic heterocycles. The molecule has 1 atom stereocenters. The van der Waals surface area contributed by atoms with Crippen molar-refractivity contribution in [3.05, 3.63) is 80.8 Å². The van der Waals surface area contributed by atoms with Gasteiger partial charge in [-0.05, 0) is 47.8 Å². The fraction of sp³-hybridized carbons (Fsp3) is 0.150. The lowest BCUT2D eigenvalue weighted by molar-refractivity contribution is -0.136. The average molecular weight is 459 g/mol. The number of esters is 1. The summed E-state index contributed by atoms with van der Waals surface area (Å²) in [6.45, 7) is -0.396. The van der Waals surface area contributed by atoms with Crippen molar-refractivity contribution in [1.29, 1.82) is 0 Å². The third kappa shape index (κ3) is 3.93. The van der Waals surface area contributed by atoms with Crippen molar-refractivity contribution in [1.82, 2.24) is 5.01 Å². The quantitative estimate of drug-likeness (QED) is 0.522. The molecule has 4 rings (SSSR count). The van der Waals surface area contributed by atoms with E-state index in [1.807, 2.05) is 23.6 Å². The molecule has 3 aromatic rings. The highest BCUT2D eigenvalue weighted by Crippen LogP contribution is 2.34. The van der Waals surface area contributed by atoms with Crippen LogP contribution in [0.25, 0.3) is 0 Å². The zero-order valence-electron chi connectivity index (χ0n) is 14.6. The molecule has 0 saturated carbocycles. The van der Waals surface area contributed by atoms with Gasteiger partial charge in [0.15, 0.2) is 6.61 Å². The smallest absolute Gasteiger partial charge is 0.338 e. The number of carbonyl (C=O) groups excluding carboxylic acids is 2. The highest BCUT2D eigenvalue weighted by Gasteiger charge is 2.35. The first-order chi connectivity index (χ1) is 13.6. The number of nitrogens with zero attached hydrogens (tertiary/aromatic N) is 2. The highest BCUT2D eigenvalue weighted by molar-refractivity contribution is 9.10. The second kappa shape index (κ2) is 8.12. The number of hydrazone groups is 1. The Morgan fingerprint density at radius 3 is 2.71 bits per heavy atom. The van der Waals surface area contributed by atoms with Crippen molar-refractivity contribution in [2.24, 2.45) is 5.10 Å². The molecule has 0 N–H and O–H groups in total. The lowest BCUT2D eigenvalue weighted by Gasteiger charge is -2.19. The minimum Gasteiger partial charge on any atom is -0.467 e. The maximum Gasteiger partial charge on any atom is 0.338 e. The first-order valence-electron chi connectivity index (χ1n) is 8.51. The summed E-state index contributed by atoms with van der Waals surface area (Å²) >= 11 is 4.87. The van der Waals surface area contributed by atoms with Crippen LogP contribution in [0, 0.1) is 0 Å². The molecular weight excluding hydrogens is 444 g/mol. The van der Waals surface area contributed by atoms with Crippen LogP contribution in [-0.4, -0.2) is 29.2 Å². The molecule has 1 aliphatic rings. The third-order valence-corrected chi connectivity index (χ3v) is 5.70. The first kappa shape index (κ1) is 18.6.